The smallest absolute Gasteiger partial charge is 0.265 e. The minimum Gasteiger partial charge on any atom is -0.307 e. The molecule has 1 aromatic heterocycles. The van der Waals surface area contributed by atoms with Crippen molar-refractivity contribution >= 4 is 49.1 Å². The molecule has 0 aliphatic carbocycles. The Morgan fingerprint density at radius 2 is 2.05 bits per heavy atom. The van der Waals surface area contributed by atoms with Crippen molar-refractivity contribution in [3.05, 3.63) is 46.0 Å². The van der Waals surface area contributed by atoms with Gasteiger partial charge >= 0.3 is 0 Å². The third kappa shape index (κ3) is 3.21. The number of rotatable bonds is 4. The zero-order valence-electron chi connectivity index (χ0n) is 9.97. The molecule has 0 spiro atoms. The molecule has 20 heavy (non-hydrogen) atoms. The van der Waals surface area contributed by atoms with E-state index in [1.807, 2.05) is 0 Å². The molecule has 0 unspecified atom stereocenters. The van der Waals surface area contributed by atoms with Crippen molar-refractivity contribution in [1.82, 2.24) is 4.98 Å². The summed E-state index contributed by atoms with van der Waals surface area (Å²) in [7, 11) is -3.82. The van der Waals surface area contributed by atoms with Gasteiger partial charge in [-0.25, -0.2) is 19.2 Å². The van der Waals surface area contributed by atoms with Gasteiger partial charge in [-0.15, -0.1) is 0 Å². The maximum absolute atomic E-state index is 12.3. The Kier molecular flexibility index (Phi) is 4.48. The third-order valence-electron chi connectivity index (χ3n) is 2.37. The van der Waals surface area contributed by atoms with Gasteiger partial charge in [0.2, 0.25) is 0 Å². The zero-order valence-corrected chi connectivity index (χ0v) is 13.1. The summed E-state index contributed by atoms with van der Waals surface area (Å²) in [5, 5.41) is 0.491. The lowest BCUT2D eigenvalue weighted by atomic mass is 10.3. The van der Waals surface area contributed by atoms with E-state index < -0.39 is 10.0 Å². The summed E-state index contributed by atoms with van der Waals surface area (Å²) >= 11 is 9.05. The fraction of sp³-hybridized carbons (Fsp3) is 0. The fourth-order valence-electron chi connectivity index (χ4n) is 1.49. The van der Waals surface area contributed by atoms with Gasteiger partial charge < -0.3 is 5.43 Å². The predicted molar refractivity (Wildman–Crippen MR) is 82.0 cm³/mol. The number of nitrogens with one attached hydrogen (secondary N) is 2. The molecule has 0 atom stereocenters. The molecule has 0 bridgehead atoms. The molecule has 0 amide bonds. The number of anilines is 2. The lowest BCUT2D eigenvalue weighted by Gasteiger charge is -2.12. The van der Waals surface area contributed by atoms with Crippen LogP contribution in [0.1, 0.15) is 0 Å². The average Bonchev–Trinajstić information content (AvgIpc) is 2.42. The van der Waals surface area contributed by atoms with Crippen LogP contribution in [-0.2, 0) is 10.0 Å². The lowest BCUT2D eigenvalue weighted by molar-refractivity contribution is 0.601. The van der Waals surface area contributed by atoms with E-state index in [2.05, 4.69) is 31.1 Å². The molecule has 0 radical (unpaired) electrons. The number of benzene rings is 1. The molecule has 106 valence electrons. The van der Waals surface area contributed by atoms with E-state index in [1.165, 1.54) is 18.3 Å². The number of aromatic nitrogens is 1. The minimum absolute atomic E-state index is 0.0515. The number of nitrogens with zero attached hydrogens (tertiary/aromatic N) is 1. The van der Waals surface area contributed by atoms with E-state index in [9.17, 15) is 8.42 Å². The maximum atomic E-state index is 12.3. The van der Waals surface area contributed by atoms with Gasteiger partial charge in [0.05, 0.1) is 5.69 Å². The van der Waals surface area contributed by atoms with Gasteiger partial charge in [0.25, 0.3) is 10.0 Å². The van der Waals surface area contributed by atoms with Crippen LogP contribution in [0, 0.1) is 0 Å². The second kappa shape index (κ2) is 5.96. The van der Waals surface area contributed by atoms with Gasteiger partial charge in [-0.3, -0.25) is 4.72 Å². The Morgan fingerprint density at radius 3 is 2.70 bits per heavy atom. The first-order valence-electron chi connectivity index (χ1n) is 5.33. The number of hydrogen-bond acceptors (Lipinski definition) is 5. The zero-order chi connectivity index (χ0) is 14.8. The molecule has 0 fully saturated rings. The van der Waals surface area contributed by atoms with Crippen molar-refractivity contribution in [2.24, 2.45) is 5.84 Å². The number of nitrogens with two attached hydrogens (primary N) is 1. The standard InChI is InChI=1S/C11H10BrClN4O2S/c12-8-6-7(13)3-4-9(8)17-20(18,19)10-2-1-5-15-11(10)16-14/h1-6,17H,14H2,(H,15,16). The molecular formula is C11H10BrClN4O2S. The Bertz CT molecular complexity index is 739. The molecular weight excluding hydrogens is 368 g/mol. The highest BCUT2D eigenvalue weighted by Crippen LogP contribution is 2.29. The van der Waals surface area contributed by atoms with Gasteiger partial charge in [-0.05, 0) is 46.3 Å². The molecule has 0 saturated carbocycles. The Labute approximate surface area is 129 Å². The summed E-state index contributed by atoms with van der Waals surface area (Å²) in [5.74, 6) is 5.32. The van der Waals surface area contributed by atoms with Crippen LogP contribution in [0.3, 0.4) is 0 Å². The second-order valence-electron chi connectivity index (χ2n) is 3.72. The number of pyridine rings is 1. The summed E-state index contributed by atoms with van der Waals surface area (Å²) in [5.41, 5.74) is 2.61. The summed E-state index contributed by atoms with van der Waals surface area (Å²) in [4.78, 5) is 3.80. The highest BCUT2D eigenvalue weighted by atomic mass is 79.9. The van der Waals surface area contributed by atoms with Crippen LogP contribution in [0.2, 0.25) is 5.02 Å². The molecule has 4 N–H and O–H groups in total. The first kappa shape index (κ1) is 15.0. The molecule has 6 nitrogen and oxygen atoms in total. The second-order valence-corrected chi connectivity index (χ2v) is 6.67. The van der Waals surface area contributed by atoms with Crippen LogP contribution in [-0.4, -0.2) is 13.4 Å². The Hall–Kier alpha value is -1.35. The molecule has 2 aromatic rings. The highest BCUT2D eigenvalue weighted by molar-refractivity contribution is 9.10. The maximum Gasteiger partial charge on any atom is 0.265 e. The van der Waals surface area contributed by atoms with Crippen molar-refractivity contribution in [2.45, 2.75) is 4.90 Å². The fourth-order valence-corrected chi connectivity index (χ4v) is 3.60. The van der Waals surface area contributed by atoms with Crippen molar-refractivity contribution < 1.29 is 8.42 Å². The van der Waals surface area contributed by atoms with E-state index in [0.29, 0.717) is 15.2 Å². The molecule has 1 heterocycles. The van der Waals surface area contributed by atoms with Gasteiger partial charge in [0.1, 0.15) is 4.90 Å². The van der Waals surface area contributed by atoms with Crippen LogP contribution in [0.25, 0.3) is 0 Å². The van der Waals surface area contributed by atoms with E-state index in [0.717, 1.165) is 0 Å². The van der Waals surface area contributed by atoms with Crippen LogP contribution in [0.15, 0.2) is 45.9 Å². The van der Waals surface area contributed by atoms with Gasteiger partial charge in [-0.1, -0.05) is 11.6 Å². The molecule has 0 aliphatic heterocycles. The summed E-state index contributed by atoms with van der Waals surface area (Å²) in [6.07, 6.45) is 1.44. The number of sulfonamides is 1. The predicted octanol–water partition coefficient (Wildman–Crippen LogP) is 2.58. The highest BCUT2D eigenvalue weighted by Gasteiger charge is 2.20. The molecule has 9 heteroatoms. The molecule has 2 rings (SSSR count). The first-order chi connectivity index (χ1) is 9.44. The van der Waals surface area contributed by atoms with Crippen LogP contribution < -0.4 is 16.0 Å². The van der Waals surface area contributed by atoms with E-state index >= 15 is 0 Å². The monoisotopic (exact) mass is 376 g/mol. The van der Waals surface area contributed by atoms with Crippen molar-refractivity contribution in [3.63, 3.8) is 0 Å². The van der Waals surface area contributed by atoms with Gasteiger partial charge in [0, 0.05) is 15.7 Å². The molecule has 0 aliphatic rings. The largest absolute Gasteiger partial charge is 0.307 e. The molecule has 0 saturated heterocycles. The quantitative estimate of drug-likeness (QED) is 0.562. The summed E-state index contributed by atoms with van der Waals surface area (Å²) in [6, 6.07) is 7.62. The Balaban J connectivity index is 2.41. The summed E-state index contributed by atoms with van der Waals surface area (Å²) in [6.45, 7) is 0. The van der Waals surface area contributed by atoms with E-state index in [1.54, 1.807) is 18.2 Å². The number of hydrogen-bond donors (Lipinski definition) is 3. The van der Waals surface area contributed by atoms with Gasteiger partial charge in [0.15, 0.2) is 5.82 Å². The Morgan fingerprint density at radius 1 is 1.30 bits per heavy atom. The minimum atomic E-state index is -3.82. The average molecular weight is 378 g/mol. The van der Waals surface area contributed by atoms with Gasteiger partial charge in [-0.2, -0.15) is 0 Å². The lowest BCUT2D eigenvalue weighted by Crippen LogP contribution is -2.18. The van der Waals surface area contributed by atoms with Crippen molar-refractivity contribution in [2.75, 3.05) is 10.1 Å². The van der Waals surface area contributed by atoms with Crippen LogP contribution in [0.4, 0.5) is 11.5 Å². The topological polar surface area (TPSA) is 97.1 Å². The third-order valence-corrected chi connectivity index (χ3v) is 4.66. The normalized spacial score (nSPS) is 11.2. The van der Waals surface area contributed by atoms with E-state index in [4.69, 9.17) is 17.4 Å². The molecule has 1 aromatic carbocycles. The summed E-state index contributed by atoms with van der Waals surface area (Å²) < 4.78 is 27.6. The number of nitrogen functional groups attached to an aromatic ring is 1. The van der Waals surface area contributed by atoms with Crippen molar-refractivity contribution in [1.29, 1.82) is 0 Å². The van der Waals surface area contributed by atoms with Crippen molar-refractivity contribution in [3.8, 4) is 0 Å². The van der Waals surface area contributed by atoms with Crippen LogP contribution in [0.5, 0.6) is 0 Å². The first-order valence-corrected chi connectivity index (χ1v) is 7.99. The van der Waals surface area contributed by atoms with Crippen LogP contribution >= 0.6 is 27.5 Å². The van der Waals surface area contributed by atoms with E-state index in [-0.39, 0.29) is 10.7 Å². The SMILES string of the molecule is NNc1ncccc1S(=O)(=O)Nc1ccc(Cl)cc1Br. The number of halogens is 2. The number of hydrazine groups is 1.